The number of halogens is 1. The highest BCUT2D eigenvalue weighted by Gasteiger charge is 2.38. The molecule has 2 aromatic carbocycles. The average Bonchev–Trinajstić information content (AvgIpc) is 2.92. The molecule has 0 unspecified atom stereocenters. The summed E-state index contributed by atoms with van der Waals surface area (Å²) in [6, 6.07) is 15.0. The smallest absolute Gasteiger partial charge is 0.354 e. The van der Waals surface area contributed by atoms with E-state index in [-0.39, 0.29) is 21.6 Å². The molecule has 31 heavy (non-hydrogen) atoms. The van der Waals surface area contributed by atoms with Gasteiger partial charge in [0.2, 0.25) is 0 Å². The number of pyridine rings is 1. The molecule has 7 heteroatoms. The summed E-state index contributed by atoms with van der Waals surface area (Å²) in [5.41, 5.74) is 2.00. The molecule has 4 aromatic rings. The fourth-order valence-electron chi connectivity index (χ4n) is 4.17. The van der Waals surface area contributed by atoms with Gasteiger partial charge in [-0.25, -0.2) is 4.79 Å². The second-order valence-corrected chi connectivity index (χ2v) is 10.2. The molecule has 0 amide bonds. The Morgan fingerprint density at radius 2 is 1.87 bits per heavy atom. The molecule has 0 saturated carbocycles. The Morgan fingerprint density at radius 3 is 2.61 bits per heavy atom. The molecule has 0 spiro atoms. The number of aromatic hydroxyl groups is 1. The van der Waals surface area contributed by atoms with Crippen molar-refractivity contribution in [3.8, 4) is 11.4 Å². The van der Waals surface area contributed by atoms with Gasteiger partial charge in [-0.3, -0.25) is 9.36 Å². The number of hydrogen-bond acceptors (Lipinski definition) is 5. The number of aryl methyl sites for hydroxylation is 1. The summed E-state index contributed by atoms with van der Waals surface area (Å²) in [4.78, 5) is 27.1. The highest BCUT2D eigenvalue weighted by atomic mass is 79.9. The van der Waals surface area contributed by atoms with Crippen LogP contribution in [-0.4, -0.2) is 9.67 Å². The second-order valence-electron chi connectivity index (χ2n) is 8.18. The number of aromatic nitrogens is 1. The Kier molecular flexibility index (Phi) is 4.46. The van der Waals surface area contributed by atoms with Gasteiger partial charge in [-0.2, -0.15) is 0 Å². The highest BCUT2D eigenvalue weighted by molar-refractivity contribution is 9.10. The lowest BCUT2D eigenvalue weighted by atomic mass is 9.83. The van der Waals surface area contributed by atoms with Gasteiger partial charge >= 0.3 is 5.63 Å². The first-order chi connectivity index (χ1) is 14.7. The lowest BCUT2D eigenvalue weighted by Gasteiger charge is -2.20. The van der Waals surface area contributed by atoms with Crippen LogP contribution in [0.5, 0.6) is 5.75 Å². The minimum absolute atomic E-state index is 0.00374. The van der Waals surface area contributed by atoms with Gasteiger partial charge in [-0.1, -0.05) is 59.2 Å². The maximum absolute atomic E-state index is 13.6. The van der Waals surface area contributed by atoms with Crippen LogP contribution < -0.4 is 11.2 Å². The number of benzene rings is 2. The zero-order chi connectivity index (χ0) is 22.1. The summed E-state index contributed by atoms with van der Waals surface area (Å²) >= 11 is 4.59. The molecule has 1 aliphatic rings. The van der Waals surface area contributed by atoms with Crippen LogP contribution in [0.4, 0.5) is 0 Å². The van der Waals surface area contributed by atoms with Crippen molar-refractivity contribution in [2.75, 3.05) is 0 Å². The van der Waals surface area contributed by atoms with Crippen molar-refractivity contribution in [2.24, 2.45) is 0 Å². The molecule has 0 fully saturated rings. The van der Waals surface area contributed by atoms with Crippen LogP contribution in [0, 0.1) is 6.92 Å². The lowest BCUT2D eigenvalue weighted by molar-refractivity contribution is 0.445. The molecule has 0 aliphatic carbocycles. The van der Waals surface area contributed by atoms with E-state index in [1.165, 1.54) is 0 Å². The van der Waals surface area contributed by atoms with Crippen molar-refractivity contribution in [1.82, 2.24) is 4.57 Å². The van der Waals surface area contributed by atoms with E-state index in [4.69, 9.17) is 4.42 Å². The van der Waals surface area contributed by atoms with Gasteiger partial charge in [0.25, 0.3) is 5.56 Å². The topological polar surface area (TPSA) is 72.4 Å². The molecule has 5 nitrogen and oxygen atoms in total. The Labute approximate surface area is 190 Å². The van der Waals surface area contributed by atoms with E-state index in [9.17, 15) is 14.7 Å². The largest absolute Gasteiger partial charge is 0.505 e. The van der Waals surface area contributed by atoms with E-state index in [0.717, 1.165) is 37.9 Å². The number of nitrogens with zero attached hydrogens (tertiary/aromatic N) is 1. The van der Waals surface area contributed by atoms with Gasteiger partial charge in [-0.15, -0.1) is 0 Å². The van der Waals surface area contributed by atoms with E-state index in [1.807, 2.05) is 63.2 Å². The highest BCUT2D eigenvalue weighted by Crippen LogP contribution is 2.44. The predicted octanol–water partition coefficient (Wildman–Crippen LogP) is 5.51. The van der Waals surface area contributed by atoms with Crippen molar-refractivity contribution in [2.45, 2.75) is 36.0 Å². The number of fused-ring (bicyclic) bond motifs is 4. The van der Waals surface area contributed by atoms with Gasteiger partial charge < -0.3 is 9.52 Å². The van der Waals surface area contributed by atoms with Gasteiger partial charge in [0, 0.05) is 26.5 Å². The Hall–Kier alpha value is -2.77. The van der Waals surface area contributed by atoms with Crippen LogP contribution in [0.15, 0.2) is 76.8 Å². The Balaban J connectivity index is 1.80. The SMILES string of the molecule is Cc1cccc(Sc2c(O)c3c(=O)n4c(cc3oc2=O)C(C)(C)c2cc(Br)ccc2-4)c1. The summed E-state index contributed by atoms with van der Waals surface area (Å²) in [5.74, 6) is -0.346. The van der Waals surface area contributed by atoms with Crippen molar-refractivity contribution in [3.63, 3.8) is 0 Å². The molecular formula is C24H18BrNO4S. The van der Waals surface area contributed by atoms with Gasteiger partial charge in [0.15, 0.2) is 5.75 Å². The van der Waals surface area contributed by atoms with Crippen molar-refractivity contribution in [1.29, 1.82) is 0 Å². The predicted molar refractivity (Wildman–Crippen MR) is 125 cm³/mol. The monoisotopic (exact) mass is 495 g/mol. The number of rotatable bonds is 2. The Morgan fingerprint density at radius 1 is 1.10 bits per heavy atom. The van der Waals surface area contributed by atoms with E-state index in [0.29, 0.717) is 5.69 Å². The fourth-order valence-corrected chi connectivity index (χ4v) is 5.48. The van der Waals surface area contributed by atoms with Crippen LogP contribution in [0.2, 0.25) is 0 Å². The van der Waals surface area contributed by atoms with Crippen LogP contribution in [-0.2, 0) is 5.41 Å². The minimum Gasteiger partial charge on any atom is -0.505 e. The summed E-state index contributed by atoms with van der Waals surface area (Å²) < 4.78 is 8.05. The quantitative estimate of drug-likeness (QED) is 0.396. The Bertz CT molecular complexity index is 1520. The first-order valence-electron chi connectivity index (χ1n) is 9.69. The summed E-state index contributed by atoms with van der Waals surface area (Å²) in [6.45, 7) is 5.98. The first kappa shape index (κ1) is 20.2. The molecule has 1 aliphatic heterocycles. The number of hydrogen-bond donors (Lipinski definition) is 1. The third kappa shape index (κ3) is 2.98. The van der Waals surface area contributed by atoms with Gasteiger partial charge in [-0.05, 0) is 42.8 Å². The van der Waals surface area contributed by atoms with Gasteiger partial charge in [0.1, 0.15) is 15.9 Å². The maximum atomic E-state index is 13.6. The molecule has 2 aromatic heterocycles. The minimum atomic E-state index is -0.670. The van der Waals surface area contributed by atoms with E-state index in [2.05, 4.69) is 15.9 Å². The van der Waals surface area contributed by atoms with E-state index >= 15 is 0 Å². The fraction of sp³-hybridized carbons (Fsp3) is 0.167. The normalized spacial score (nSPS) is 13.9. The van der Waals surface area contributed by atoms with Crippen molar-refractivity contribution < 1.29 is 9.52 Å². The molecule has 5 rings (SSSR count). The molecule has 0 bridgehead atoms. The molecule has 3 heterocycles. The zero-order valence-electron chi connectivity index (χ0n) is 17.0. The van der Waals surface area contributed by atoms with Crippen LogP contribution in [0.1, 0.15) is 30.7 Å². The van der Waals surface area contributed by atoms with E-state index in [1.54, 1.807) is 10.6 Å². The first-order valence-corrected chi connectivity index (χ1v) is 11.3. The molecule has 0 atom stereocenters. The standard InChI is InChI=1S/C24H18BrNO4S/c1-12-5-4-6-14(9-12)31-21-20(27)19-17(30-23(21)29)11-18-24(2,3)15-10-13(25)7-8-16(15)26(18)22(19)28/h4-11,27H,1-3H3. The van der Waals surface area contributed by atoms with Crippen LogP contribution >= 0.6 is 27.7 Å². The second kappa shape index (κ2) is 6.87. The van der Waals surface area contributed by atoms with E-state index < -0.39 is 16.6 Å². The molecular weight excluding hydrogens is 478 g/mol. The van der Waals surface area contributed by atoms with Crippen molar-refractivity contribution >= 4 is 38.7 Å². The average molecular weight is 496 g/mol. The van der Waals surface area contributed by atoms with Crippen LogP contribution in [0.25, 0.3) is 16.7 Å². The lowest BCUT2D eigenvalue weighted by Crippen LogP contribution is -2.24. The van der Waals surface area contributed by atoms with Crippen molar-refractivity contribution in [3.05, 3.63) is 90.6 Å². The third-order valence-electron chi connectivity index (χ3n) is 5.73. The molecule has 0 radical (unpaired) electrons. The third-order valence-corrected chi connectivity index (χ3v) is 7.28. The molecule has 0 saturated heterocycles. The summed E-state index contributed by atoms with van der Waals surface area (Å²) in [5, 5.41) is 11.0. The van der Waals surface area contributed by atoms with Crippen LogP contribution in [0.3, 0.4) is 0 Å². The van der Waals surface area contributed by atoms with Gasteiger partial charge in [0.05, 0.1) is 5.69 Å². The molecule has 1 N–H and O–H groups in total. The maximum Gasteiger partial charge on any atom is 0.354 e. The summed E-state index contributed by atoms with van der Waals surface area (Å²) in [7, 11) is 0. The summed E-state index contributed by atoms with van der Waals surface area (Å²) in [6.07, 6.45) is 0. The zero-order valence-corrected chi connectivity index (χ0v) is 19.4. The molecule has 156 valence electrons.